The maximum absolute atomic E-state index is 15.8. The lowest BCUT2D eigenvalue weighted by molar-refractivity contribution is -0.261. The van der Waals surface area contributed by atoms with Crippen molar-refractivity contribution in [3.8, 4) is 0 Å². The second-order valence-electron chi connectivity index (χ2n) is 12.8. The molecule has 3 aliphatic rings. The van der Waals surface area contributed by atoms with Crippen LogP contribution in [0.15, 0.2) is 41.8 Å². The molecular weight excluding hydrogens is 645 g/mol. The maximum Gasteiger partial charge on any atom is 0.306 e. The molecule has 2 atom stereocenters. The van der Waals surface area contributed by atoms with Crippen LogP contribution in [0.25, 0.3) is 10.1 Å². The number of amides is 1. The van der Waals surface area contributed by atoms with E-state index in [1.54, 1.807) is 12.5 Å². The molecule has 0 radical (unpaired) electrons. The first-order chi connectivity index (χ1) is 22.7. The number of likely N-dealkylation sites (tertiary alicyclic amines) is 2. The van der Waals surface area contributed by atoms with Gasteiger partial charge in [0.2, 0.25) is 5.85 Å². The van der Waals surface area contributed by atoms with Crippen LogP contribution in [0.5, 0.6) is 0 Å². The Hall–Kier alpha value is -2.93. The number of rotatable bonds is 12. The summed E-state index contributed by atoms with van der Waals surface area (Å²) < 4.78 is 29.3. The van der Waals surface area contributed by atoms with Crippen LogP contribution in [0.1, 0.15) is 67.3 Å². The first kappa shape index (κ1) is 34.0. The molecule has 2 aliphatic heterocycles. The van der Waals surface area contributed by atoms with E-state index >= 15 is 4.39 Å². The highest BCUT2D eigenvalue weighted by molar-refractivity contribution is 7.17. The second-order valence-corrected chi connectivity index (χ2v) is 14.1. The van der Waals surface area contributed by atoms with Crippen LogP contribution in [0.3, 0.4) is 0 Å². The Bertz CT molecular complexity index is 1620. The van der Waals surface area contributed by atoms with Gasteiger partial charge in [-0.1, -0.05) is 29.8 Å². The molecule has 1 unspecified atom stereocenters. The van der Waals surface area contributed by atoms with E-state index in [-0.39, 0.29) is 40.6 Å². The molecule has 1 aliphatic carbocycles. The van der Waals surface area contributed by atoms with E-state index in [0.29, 0.717) is 57.5 Å². The third-order valence-electron chi connectivity index (χ3n) is 9.84. The quantitative estimate of drug-likeness (QED) is 0.220. The zero-order chi connectivity index (χ0) is 33.1. The normalized spacial score (nSPS) is 23.6. The van der Waals surface area contributed by atoms with Gasteiger partial charge in [0.25, 0.3) is 5.91 Å². The molecule has 9 nitrogen and oxygen atoms in total. The summed E-state index contributed by atoms with van der Waals surface area (Å²) in [5.41, 5.74) is 0.711. The van der Waals surface area contributed by atoms with E-state index in [4.69, 9.17) is 21.1 Å². The van der Waals surface area contributed by atoms with Gasteiger partial charge in [-0.15, -0.1) is 11.3 Å². The van der Waals surface area contributed by atoms with Crippen molar-refractivity contribution in [2.45, 2.75) is 75.8 Å². The number of fused-ring (bicyclic) bond motifs is 1. The molecule has 3 fully saturated rings. The number of hydrogen-bond donors (Lipinski definition) is 2. The van der Waals surface area contributed by atoms with Gasteiger partial charge in [0, 0.05) is 54.7 Å². The van der Waals surface area contributed by atoms with Crippen molar-refractivity contribution in [3.63, 3.8) is 0 Å². The Morgan fingerprint density at radius 2 is 1.81 bits per heavy atom. The van der Waals surface area contributed by atoms with Crippen molar-refractivity contribution in [2.75, 3.05) is 38.7 Å². The molecule has 1 amide bonds. The lowest BCUT2D eigenvalue weighted by Crippen LogP contribution is -2.69. The number of halogens is 2. The highest BCUT2D eigenvalue weighted by Gasteiger charge is 2.55. The molecule has 2 aromatic carbocycles. The van der Waals surface area contributed by atoms with Crippen LogP contribution in [-0.4, -0.2) is 83.9 Å². The number of anilines is 1. The number of methoxy groups -OCH3 is 1. The monoisotopic (exact) mass is 685 g/mol. The second kappa shape index (κ2) is 14.7. The fourth-order valence-electron chi connectivity index (χ4n) is 7.46. The first-order valence-corrected chi connectivity index (χ1v) is 17.7. The van der Waals surface area contributed by atoms with Crippen molar-refractivity contribution in [1.82, 2.24) is 9.80 Å². The molecule has 1 saturated carbocycles. The molecule has 0 spiro atoms. The van der Waals surface area contributed by atoms with Gasteiger partial charge >= 0.3 is 5.97 Å². The lowest BCUT2D eigenvalue weighted by atomic mass is 9.87. The summed E-state index contributed by atoms with van der Waals surface area (Å²) in [4.78, 5) is 43.8. The van der Waals surface area contributed by atoms with E-state index in [1.165, 1.54) is 23.5 Å². The zero-order valence-corrected chi connectivity index (χ0v) is 28.1. The molecule has 1 aromatic heterocycles. The lowest BCUT2D eigenvalue weighted by Gasteiger charge is -2.50. The summed E-state index contributed by atoms with van der Waals surface area (Å²) >= 11 is 8.08. The Kier molecular flexibility index (Phi) is 10.6. The van der Waals surface area contributed by atoms with Gasteiger partial charge in [-0.3, -0.25) is 24.2 Å². The molecule has 0 bridgehead atoms. The number of nitrogens with zero attached hydrogens (tertiary/aromatic N) is 2. The van der Waals surface area contributed by atoms with E-state index < -0.39 is 29.5 Å². The number of ketones is 1. The van der Waals surface area contributed by atoms with Crippen LogP contribution in [0.4, 0.5) is 10.1 Å². The molecule has 47 heavy (non-hydrogen) atoms. The van der Waals surface area contributed by atoms with Gasteiger partial charge in [-0.05, 0) is 75.1 Å². The molecule has 3 aromatic rings. The Balaban J connectivity index is 1.29. The third-order valence-corrected chi connectivity index (χ3v) is 11.1. The molecule has 252 valence electrons. The van der Waals surface area contributed by atoms with Crippen molar-refractivity contribution < 1.29 is 33.4 Å². The largest absolute Gasteiger partial charge is 0.481 e. The topological polar surface area (TPSA) is 108 Å². The van der Waals surface area contributed by atoms with Gasteiger partial charge < -0.3 is 19.9 Å². The highest BCUT2D eigenvalue weighted by atomic mass is 35.5. The minimum Gasteiger partial charge on any atom is -0.481 e. The van der Waals surface area contributed by atoms with Crippen molar-refractivity contribution in [3.05, 3.63) is 63.7 Å². The summed E-state index contributed by atoms with van der Waals surface area (Å²) in [7, 11) is 1.64. The molecule has 3 heterocycles. The fraction of sp³-hybridized carbons (Fsp3) is 0.514. The van der Waals surface area contributed by atoms with E-state index in [2.05, 4.69) is 15.1 Å². The van der Waals surface area contributed by atoms with Gasteiger partial charge in [0.05, 0.1) is 34.9 Å². The highest BCUT2D eigenvalue weighted by Crippen LogP contribution is 2.40. The molecule has 2 N–H and O–H groups in total. The summed E-state index contributed by atoms with van der Waals surface area (Å²) in [5, 5.41) is 15.0. The summed E-state index contributed by atoms with van der Waals surface area (Å²) in [6.45, 7) is 2.34. The van der Waals surface area contributed by atoms with Crippen LogP contribution in [-0.2, 0) is 25.5 Å². The van der Waals surface area contributed by atoms with E-state index in [0.717, 1.165) is 35.8 Å². The Morgan fingerprint density at radius 1 is 1.06 bits per heavy atom. The predicted molar refractivity (Wildman–Crippen MR) is 180 cm³/mol. The van der Waals surface area contributed by atoms with Crippen LogP contribution < -0.4 is 5.32 Å². The number of nitrogens with one attached hydrogen (secondary N) is 1. The average Bonchev–Trinajstić information content (AvgIpc) is 3.85. The number of Topliss-reactive ketones (excluding diaryl/α,β-unsaturated/α-hetero) is 1. The van der Waals surface area contributed by atoms with Gasteiger partial charge in [0.1, 0.15) is 5.82 Å². The standard InChI is InChI=1S/C35H41ClFN3O6S/c1-45-20-24-7-6-16-40(24)35(39-14-4-5-15-39,46-25-12-10-22(11-13-25)34(43)44)32(41)18-23-17-28(36)30(19-29(23)37)38-33(42)27-21-47-31-9-3-2-8-26(27)31/h2-3,8-9,17,19,21-22,24-25H,4-7,10-16,18,20H2,1H3,(H,38,42)(H,43,44)/t22?,24-,25?,35?/m0/s1. The molecular formula is C35H41ClFN3O6S. The third kappa shape index (κ3) is 6.97. The number of thiophene rings is 1. The Morgan fingerprint density at radius 3 is 2.53 bits per heavy atom. The number of carbonyl (C=O) groups excluding carboxylic acids is 2. The average molecular weight is 686 g/mol. The number of benzene rings is 2. The Labute approximate surface area is 283 Å². The number of ether oxygens (including phenoxy) is 2. The molecule has 6 rings (SSSR count). The van der Waals surface area contributed by atoms with Crippen LogP contribution in [0.2, 0.25) is 5.02 Å². The minimum absolute atomic E-state index is 0.0703. The first-order valence-electron chi connectivity index (χ1n) is 16.4. The van der Waals surface area contributed by atoms with Crippen LogP contribution >= 0.6 is 22.9 Å². The van der Waals surface area contributed by atoms with Crippen molar-refractivity contribution >= 4 is 56.4 Å². The number of hydrogen-bond acceptors (Lipinski definition) is 8. The summed E-state index contributed by atoms with van der Waals surface area (Å²) in [5.74, 6) is -4.03. The summed E-state index contributed by atoms with van der Waals surface area (Å²) in [6.07, 6.45) is 4.91. The maximum atomic E-state index is 15.8. The minimum atomic E-state index is -1.46. The fourth-order valence-corrected chi connectivity index (χ4v) is 8.63. The smallest absolute Gasteiger partial charge is 0.306 e. The molecule has 12 heteroatoms. The number of carbonyl (C=O) groups is 3. The van der Waals surface area contributed by atoms with E-state index in [9.17, 15) is 19.5 Å². The molecule has 2 saturated heterocycles. The van der Waals surface area contributed by atoms with Gasteiger partial charge in [0.15, 0.2) is 5.78 Å². The van der Waals surface area contributed by atoms with Crippen LogP contribution in [0, 0.1) is 11.7 Å². The number of carboxylic acids is 1. The van der Waals surface area contributed by atoms with Crippen molar-refractivity contribution in [1.29, 1.82) is 0 Å². The van der Waals surface area contributed by atoms with Gasteiger partial charge in [-0.2, -0.15) is 0 Å². The zero-order valence-electron chi connectivity index (χ0n) is 26.5. The summed E-state index contributed by atoms with van der Waals surface area (Å²) in [6, 6.07) is 10.1. The SMILES string of the molecule is COC[C@@H]1CCCN1C(OC1CCC(C(=O)O)CC1)(C(=O)Cc1cc(Cl)c(NC(=O)c2csc3ccccc23)cc1F)N1CCCC1. The van der Waals surface area contributed by atoms with Crippen molar-refractivity contribution in [2.24, 2.45) is 5.92 Å². The van der Waals surface area contributed by atoms with E-state index in [1.807, 2.05) is 24.3 Å². The van der Waals surface area contributed by atoms with Gasteiger partial charge in [-0.25, -0.2) is 4.39 Å². The number of aliphatic carboxylic acids is 1. The number of carboxylic acid groups (broad SMARTS) is 1. The predicted octanol–water partition coefficient (Wildman–Crippen LogP) is 6.58.